The Balaban J connectivity index is 1.74. The molecule has 3 aliphatic rings. The number of thiophene rings is 1. The van der Waals surface area contributed by atoms with E-state index in [0.717, 1.165) is 12.8 Å². The van der Waals surface area contributed by atoms with E-state index in [1.165, 1.54) is 5.56 Å². The largest absolute Gasteiger partial charge is 0.317 e. The summed E-state index contributed by atoms with van der Waals surface area (Å²) in [7, 11) is 0. The first-order valence-corrected chi connectivity index (χ1v) is 8.38. The van der Waals surface area contributed by atoms with Crippen LogP contribution in [0.25, 0.3) is 0 Å². The van der Waals surface area contributed by atoms with E-state index in [1.54, 1.807) is 11.3 Å². The molecule has 1 amide bonds. The third-order valence-electron chi connectivity index (χ3n) is 6.17. The number of carbonyl (C=O) groups is 1. The summed E-state index contributed by atoms with van der Waals surface area (Å²) in [6.45, 7) is 9.14. The second-order valence-electron chi connectivity index (χ2n) is 7.74. The van der Waals surface area contributed by atoms with Crippen molar-refractivity contribution in [2.75, 3.05) is 0 Å². The quantitative estimate of drug-likeness (QED) is 0.907. The summed E-state index contributed by atoms with van der Waals surface area (Å²) in [5.74, 6) is 0.331. The van der Waals surface area contributed by atoms with E-state index in [1.807, 2.05) is 0 Å². The van der Waals surface area contributed by atoms with Crippen molar-refractivity contribution in [1.82, 2.24) is 10.2 Å². The third kappa shape index (κ3) is 1.37. The van der Waals surface area contributed by atoms with Gasteiger partial charge in [0.2, 0.25) is 5.91 Å². The predicted molar refractivity (Wildman–Crippen MR) is 80.4 cm³/mol. The van der Waals surface area contributed by atoms with Crippen LogP contribution in [-0.2, 0) is 4.79 Å². The van der Waals surface area contributed by atoms with Gasteiger partial charge in [0.25, 0.3) is 0 Å². The Morgan fingerprint density at radius 1 is 1.25 bits per heavy atom. The highest BCUT2D eigenvalue weighted by molar-refractivity contribution is 7.08. The van der Waals surface area contributed by atoms with Crippen molar-refractivity contribution in [2.24, 2.45) is 10.8 Å². The first-order valence-electron chi connectivity index (χ1n) is 7.44. The Morgan fingerprint density at radius 3 is 2.35 bits per heavy atom. The minimum atomic E-state index is -0.235. The van der Waals surface area contributed by atoms with Crippen LogP contribution in [0, 0.1) is 10.8 Å². The number of amides is 1. The molecule has 3 nitrogen and oxygen atoms in total. The molecule has 20 heavy (non-hydrogen) atoms. The van der Waals surface area contributed by atoms with Gasteiger partial charge in [-0.05, 0) is 46.1 Å². The van der Waals surface area contributed by atoms with Gasteiger partial charge in [-0.25, -0.2) is 0 Å². The van der Waals surface area contributed by atoms with Crippen molar-refractivity contribution in [3.8, 4) is 0 Å². The molecule has 3 fully saturated rings. The molecule has 0 radical (unpaired) electrons. The van der Waals surface area contributed by atoms with Crippen LogP contribution in [0.3, 0.4) is 0 Å². The summed E-state index contributed by atoms with van der Waals surface area (Å²) in [4.78, 5) is 15.1. The fraction of sp³-hybridized carbons (Fsp3) is 0.688. The normalized spacial score (nSPS) is 32.9. The molecule has 1 N–H and O–H groups in total. The summed E-state index contributed by atoms with van der Waals surface area (Å²) in [6, 6.07) is 2.48. The molecule has 4 heteroatoms. The van der Waals surface area contributed by atoms with Gasteiger partial charge in [0.15, 0.2) is 0 Å². The monoisotopic (exact) mass is 290 g/mol. The maximum Gasteiger partial charge on any atom is 0.244 e. The van der Waals surface area contributed by atoms with Gasteiger partial charge < -0.3 is 4.90 Å². The smallest absolute Gasteiger partial charge is 0.244 e. The maximum absolute atomic E-state index is 12.9. The minimum Gasteiger partial charge on any atom is -0.317 e. The SMILES string of the molecule is CC1(C)C(N2C(=O)C3(CC3)NC2c2ccsc2)C1(C)C. The van der Waals surface area contributed by atoms with Gasteiger partial charge in [-0.15, -0.1) is 0 Å². The topological polar surface area (TPSA) is 32.3 Å². The number of rotatable bonds is 2. The molecular formula is C16H22N2OS. The Morgan fingerprint density at radius 2 is 1.90 bits per heavy atom. The van der Waals surface area contributed by atoms with E-state index >= 15 is 0 Å². The van der Waals surface area contributed by atoms with Gasteiger partial charge >= 0.3 is 0 Å². The van der Waals surface area contributed by atoms with E-state index in [2.05, 4.69) is 54.7 Å². The van der Waals surface area contributed by atoms with Crippen LogP contribution in [0.15, 0.2) is 16.8 Å². The summed E-state index contributed by atoms with van der Waals surface area (Å²) in [5.41, 5.74) is 1.39. The van der Waals surface area contributed by atoms with Gasteiger partial charge in [-0.2, -0.15) is 11.3 Å². The molecule has 0 aromatic carbocycles. The molecule has 4 rings (SSSR count). The zero-order valence-corrected chi connectivity index (χ0v) is 13.4. The molecule has 0 bridgehead atoms. The van der Waals surface area contributed by atoms with Gasteiger partial charge in [-0.3, -0.25) is 10.1 Å². The zero-order chi connectivity index (χ0) is 14.3. The molecule has 1 atom stereocenters. The average Bonchev–Trinajstić information content (AvgIpc) is 3.01. The summed E-state index contributed by atoms with van der Waals surface area (Å²) < 4.78 is 0. The molecule has 2 saturated carbocycles. The molecule has 108 valence electrons. The molecule has 1 saturated heterocycles. The van der Waals surface area contributed by atoms with E-state index in [-0.39, 0.29) is 22.5 Å². The lowest BCUT2D eigenvalue weighted by molar-refractivity contribution is -0.132. The summed E-state index contributed by atoms with van der Waals surface area (Å²) in [6.07, 6.45) is 2.06. The zero-order valence-electron chi connectivity index (χ0n) is 12.6. The van der Waals surface area contributed by atoms with Crippen molar-refractivity contribution in [2.45, 2.75) is 58.3 Å². The highest BCUT2D eigenvalue weighted by Crippen LogP contribution is 2.68. The number of carbonyl (C=O) groups excluding carboxylic acids is 1. The van der Waals surface area contributed by atoms with E-state index in [4.69, 9.17) is 0 Å². The fourth-order valence-corrected chi connectivity index (χ4v) is 4.72. The lowest BCUT2D eigenvalue weighted by Gasteiger charge is -2.26. The van der Waals surface area contributed by atoms with Crippen LogP contribution in [0.4, 0.5) is 0 Å². The molecular weight excluding hydrogens is 268 g/mol. The van der Waals surface area contributed by atoms with Crippen LogP contribution in [-0.4, -0.2) is 22.4 Å². The van der Waals surface area contributed by atoms with Crippen LogP contribution in [0.1, 0.15) is 52.3 Å². The van der Waals surface area contributed by atoms with Crippen molar-refractivity contribution < 1.29 is 4.79 Å². The molecule has 1 aromatic rings. The third-order valence-corrected chi connectivity index (χ3v) is 6.87. The molecule has 1 aliphatic heterocycles. The standard InChI is InChI=1S/C16H22N2OS/c1-14(2)12(15(14,3)4)18-11(10-5-8-20-9-10)17-16(6-7-16)13(18)19/h5,8-9,11-12,17H,6-7H2,1-4H3. The van der Waals surface area contributed by atoms with Gasteiger partial charge in [0, 0.05) is 6.04 Å². The highest BCUT2D eigenvalue weighted by atomic mass is 32.1. The first kappa shape index (κ1) is 12.8. The van der Waals surface area contributed by atoms with Crippen molar-refractivity contribution in [3.05, 3.63) is 22.4 Å². The Hall–Kier alpha value is -0.870. The van der Waals surface area contributed by atoms with Crippen LogP contribution < -0.4 is 5.32 Å². The number of nitrogens with zero attached hydrogens (tertiary/aromatic N) is 1. The lowest BCUT2D eigenvalue weighted by atomic mass is 10.0. The summed E-state index contributed by atoms with van der Waals surface area (Å²) >= 11 is 1.70. The average molecular weight is 290 g/mol. The Bertz CT molecular complexity index is 557. The van der Waals surface area contributed by atoms with E-state index in [9.17, 15) is 4.79 Å². The molecule has 2 aliphatic carbocycles. The van der Waals surface area contributed by atoms with Gasteiger partial charge in [0.05, 0.1) is 0 Å². The molecule has 1 unspecified atom stereocenters. The number of hydrogen-bond donors (Lipinski definition) is 1. The second kappa shape index (κ2) is 3.47. The maximum atomic E-state index is 12.9. The Labute approximate surface area is 124 Å². The first-order chi connectivity index (χ1) is 9.31. The van der Waals surface area contributed by atoms with Crippen LogP contribution in [0.5, 0.6) is 0 Å². The Kier molecular flexibility index (Phi) is 2.23. The molecule has 2 heterocycles. The number of hydrogen-bond acceptors (Lipinski definition) is 3. The highest BCUT2D eigenvalue weighted by Gasteiger charge is 2.73. The van der Waals surface area contributed by atoms with Crippen molar-refractivity contribution in [1.29, 1.82) is 0 Å². The minimum absolute atomic E-state index is 0.0716. The number of nitrogens with one attached hydrogen (secondary N) is 1. The predicted octanol–water partition coefficient (Wildman–Crippen LogP) is 3.15. The summed E-state index contributed by atoms with van der Waals surface area (Å²) in [5, 5.41) is 7.89. The molecule has 1 aromatic heterocycles. The van der Waals surface area contributed by atoms with E-state index < -0.39 is 0 Å². The second-order valence-corrected chi connectivity index (χ2v) is 8.52. The lowest BCUT2D eigenvalue weighted by Crippen LogP contribution is -2.36. The van der Waals surface area contributed by atoms with Crippen molar-refractivity contribution in [3.63, 3.8) is 0 Å². The fourth-order valence-electron chi connectivity index (χ4n) is 4.04. The van der Waals surface area contributed by atoms with Crippen molar-refractivity contribution >= 4 is 17.2 Å². The van der Waals surface area contributed by atoms with Gasteiger partial charge in [0.1, 0.15) is 11.7 Å². The van der Waals surface area contributed by atoms with Crippen LogP contribution >= 0.6 is 11.3 Å². The van der Waals surface area contributed by atoms with Gasteiger partial charge in [-0.1, -0.05) is 27.7 Å². The van der Waals surface area contributed by atoms with Crippen LogP contribution in [0.2, 0.25) is 0 Å². The van der Waals surface area contributed by atoms with E-state index in [0.29, 0.717) is 11.9 Å². The molecule has 1 spiro atoms.